The van der Waals surface area contributed by atoms with Crippen molar-refractivity contribution in [1.82, 2.24) is 10.2 Å². The highest BCUT2D eigenvalue weighted by molar-refractivity contribution is 6.31. The van der Waals surface area contributed by atoms with Crippen LogP contribution < -0.4 is 10.1 Å². The molecule has 0 saturated carbocycles. The number of aliphatic carboxylic acids is 1. The lowest BCUT2D eigenvalue weighted by Gasteiger charge is -2.38. The van der Waals surface area contributed by atoms with Gasteiger partial charge in [0, 0.05) is 30.7 Å². The Balaban J connectivity index is 1.66. The van der Waals surface area contributed by atoms with Crippen LogP contribution in [0.4, 0.5) is 5.69 Å². The van der Waals surface area contributed by atoms with Crippen LogP contribution in [0, 0.1) is 5.92 Å². The lowest BCUT2D eigenvalue weighted by molar-refractivity contribution is -0.143. The maximum absolute atomic E-state index is 12.0. The first-order valence-corrected chi connectivity index (χ1v) is 11.3. The number of ether oxygens (including phenoxy) is 1. The number of benzene rings is 2. The van der Waals surface area contributed by atoms with Crippen molar-refractivity contribution in [1.29, 1.82) is 0 Å². The molecule has 2 atom stereocenters. The third kappa shape index (κ3) is 4.86. The van der Waals surface area contributed by atoms with Crippen LogP contribution in [0.15, 0.2) is 47.5 Å². The average Bonchev–Trinajstić information content (AvgIpc) is 2.93. The number of nitrogens with zero attached hydrogens (tertiary/aromatic N) is 2. The van der Waals surface area contributed by atoms with Crippen molar-refractivity contribution < 1.29 is 14.6 Å². The van der Waals surface area contributed by atoms with Gasteiger partial charge >= 0.3 is 5.97 Å². The van der Waals surface area contributed by atoms with Gasteiger partial charge in [-0.1, -0.05) is 49.9 Å². The molecule has 2 unspecified atom stereocenters. The number of fused-ring (bicyclic) bond motifs is 2. The maximum Gasteiger partial charge on any atom is 0.308 e. The zero-order valence-corrected chi connectivity index (χ0v) is 18.4. The fourth-order valence-corrected chi connectivity index (χ4v) is 4.46. The minimum absolute atomic E-state index is 0.138. The molecule has 0 spiro atoms. The summed E-state index contributed by atoms with van der Waals surface area (Å²) in [5, 5.41) is 13.9. The molecule has 0 aromatic heterocycles. The summed E-state index contributed by atoms with van der Waals surface area (Å²) in [6.07, 6.45) is 3.73. The zero-order valence-electron chi connectivity index (χ0n) is 17.7. The van der Waals surface area contributed by atoms with Gasteiger partial charge in [0.1, 0.15) is 17.3 Å². The first-order chi connectivity index (χ1) is 15.1. The Labute approximate surface area is 187 Å². The Morgan fingerprint density at radius 2 is 2.13 bits per heavy atom. The van der Waals surface area contributed by atoms with Crippen LogP contribution in [0.3, 0.4) is 0 Å². The SMILES string of the molecule is CCCCCC(C(=O)O)C1CN(C2=Nc3cc(Cl)ccc3Oc3ccccc32)CCN1. The van der Waals surface area contributed by atoms with Crippen molar-refractivity contribution in [3.8, 4) is 11.5 Å². The van der Waals surface area contributed by atoms with Crippen molar-refractivity contribution in [2.45, 2.75) is 38.6 Å². The molecular formula is C24H28ClN3O3. The fraction of sp³-hybridized carbons (Fsp3) is 0.417. The second kappa shape index (κ2) is 9.71. The molecule has 2 aliphatic rings. The molecule has 2 aromatic carbocycles. The molecule has 2 heterocycles. The van der Waals surface area contributed by atoms with Gasteiger partial charge in [-0.2, -0.15) is 0 Å². The zero-order chi connectivity index (χ0) is 21.8. The number of amidine groups is 1. The van der Waals surface area contributed by atoms with E-state index in [2.05, 4.69) is 17.1 Å². The van der Waals surface area contributed by atoms with Crippen molar-refractivity contribution in [3.05, 3.63) is 53.1 Å². The largest absolute Gasteiger partial charge is 0.481 e. The molecule has 164 valence electrons. The van der Waals surface area contributed by atoms with Gasteiger partial charge in [-0.3, -0.25) is 4.79 Å². The highest BCUT2D eigenvalue weighted by Gasteiger charge is 2.34. The first kappa shape index (κ1) is 21.7. The molecule has 2 N–H and O–H groups in total. The lowest BCUT2D eigenvalue weighted by atomic mass is 9.91. The minimum Gasteiger partial charge on any atom is -0.481 e. The van der Waals surface area contributed by atoms with Gasteiger partial charge in [0.15, 0.2) is 5.75 Å². The summed E-state index contributed by atoms with van der Waals surface area (Å²) in [5.74, 6) is 1.02. The summed E-state index contributed by atoms with van der Waals surface area (Å²) in [4.78, 5) is 19.1. The van der Waals surface area contributed by atoms with E-state index < -0.39 is 11.9 Å². The number of halogens is 1. The molecule has 4 rings (SSSR count). The van der Waals surface area contributed by atoms with Crippen molar-refractivity contribution >= 4 is 29.1 Å². The molecule has 0 aliphatic carbocycles. The van der Waals surface area contributed by atoms with E-state index in [1.54, 1.807) is 12.1 Å². The van der Waals surface area contributed by atoms with Crippen LogP contribution in [-0.4, -0.2) is 47.5 Å². The van der Waals surface area contributed by atoms with Gasteiger partial charge < -0.3 is 20.1 Å². The molecule has 1 fully saturated rings. The van der Waals surface area contributed by atoms with E-state index >= 15 is 0 Å². The summed E-state index contributed by atoms with van der Waals surface area (Å²) in [5.41, 5.74) is 1.57. The highest BCUT2D eigenvalue weighted by Crippen LogP contribution is 2.39. The Morgan fingerprint density at radius 1 is 1.29 bits per heavy atom. The van der Waals surface area contributed by atoms with Crippen LogP contribution in [0.25, 0.3) is 0 Å². The highest BCUT2D eigenvalue weighted by atomic mass is 35.5. The van der Waals surface area contributed by atoms with E-state index in [4.69, 9.17) is 21.3 Å². The van der Waals surface area contributed by atoms with Crippen LogP contribution >= 0.6 is 11.6 Å². The van der Waals surface area contributed by atoms with E-state index in [0.29, 0.717) is 36.0 Å². The minimum atomic E-state index is -0.737. The van der Waals surface area contributed by atoms with Gasteiger partial charge in [-0.15, -0.1) is 0 Å². The van der Waals surface area contributed by atoms with Gasteiger partial charge in [-0.25, -0.2) is 4.99 Å². The molecule has 0 radical (unpaired) electrons. The molecule has 1 saturated heterocycles. The van der Waals surface area contributed by atoms with E-state index in [0.717, 1.165) is 43.0 Å². The number of piperazine rings is 1. The maximum atomic E-state index is 12.0. The van der Waals surface area contributed by atoms with Gasteiger partial charge in [0.25, 0.3) is 0 Å². The monoisotopic (exact) mass is 441 g/mol. The Kier molecular flexibility index (Phi) is 6.78. The Hall–Kier alpha value is -2.57. The molecule has 6 nitrogen and oxygen atoms in total. The number of carboxylic acids is 1. The van der Waals surface area contributed by atoms with E-state index in [9.17, 15) is 9.90 Å². The van der Waals surface area contributed by atoms with Gasteiger partial charge in [0.05, 0.1) is 11.5 Å². The van der Waals surface area contributed by atoms with Crippen molar-refractivity contribution in [2.24, 2.45) is 10.9 Å². The normalized spacial score (nSPS) is 18.8. The number of carboxylic acid groups (broad SMARTS) is 1. The number of rotatable bonds is 6. The summed E-state index contributed by atoms with van der Waals surface area (Å²) in [6.45, 7) is 4.14. The molecular weight excluding hydrogens is 414 g/mol. The molecule has 7 heteroatoms. The van der Waals surface area contributed by atoms with Crippen molar-refractivity contribution in [2.75, 3.05) is 19.6 Å². The molecule has 0 amide bonds. The second-order valence-electron chi connectivity index (χ2n) is 8.09. The van der Waals surface area contributed by atoms with Gasteiger partial charge in [0.2, 0.25) is 0 Å². The fourth-order valence-electron chi connectivity index (χ4n) is 4.29. The predicted octanol–water partition coefficient (Wildman–Crippen LogP) is 5.08. The average molecular weight is 442 g/mol. The summed E-state index contributed by atoms with van der Waals surface area (Å²) in [6, 6.07) is 13.1. The molecule has 31 heavy (non-hydrogen) atoms. The number of hydrogen-bond donors (Lipinski definition) is 2. The Bertz CT molecular complexity index is 978. The standard InChI is InChI=1S/C24H28ClN3O3/c1-2-3-4-7-17(24(29)30)20-15-28(13-12-26-20)23-18-8-5-6-9-21(18)31-22-11-10-16(25)14-19(22)27-23/h5-6,8-11,14,17,20,26H,2-4,7,12-13,15H2,1H3,(H,29,30). The molecule has 0 bridgehead atoms. The number of para-hydroxylation sites is 1. The number of unbranched alkanes of at least 4 members (excludes halogenated alkanes) is 2. The second-order valence-corrected chi connectivity index (χ2v) is 8.53. The van der Waals surface area contributed by atoms with Crippen LogP contribution in [-0.2, 0) is 4.79 Å². The third-order valence-electron chi connectivity index (χ3n) is 5.92. The predicted molar refractivity (Wildman–Crippen MR) is 123 cm³/mol. The quantitative estimate of drug-likeness (QED) is 0.611. The third-order valence-corrected chi connectivity index (χ3v) is 6.16. The number of aliphatic imine (C=N–C) groups is 1. The smallest absolute Gasteiger partial charge is 0.308 e. The van der Waals surface area contributed by atoms with Crippen molar-refractivity contribution in [3.63, 3.8) is 0 Å². The van der Waals surface area contributed by atoms with E-state index in [1.165, 1.54) is 0 Å². The topological polar surface area (TPSA) is 74.2 Å². The van der Waals surface area contributed by atoms with Gasteiger partial charge in [-0.05, 0) is 36.8 Å². The molecule has 2 aromatic rings. The number of nitrogens with one attached hydrogen (secondary N) is 1. The van der Waals surface area contributed by atoms with Crippen LogP contribution in [0.5, 0.6) is 11.5 Å². The van der Waals surface area contributed by atoms with E-state index in [-0.39, 0.29) is 6.04 Å². The summed E-state index contributed by atoms with van der Waals surface area (Å²) in [7, 11) is 0. The summed E-state index contributed by atoms with van der Waals surface area (Å²) >= 11 is 6.22. The number of hydrogen-bond acceptors (Lipinski definition) is 5. The van der Waals surface area contributed by atoms with E-state index in [1.807, 2.05) is 30.3 Å². The number of carbonyl (C=O) groups is 1. The lowest BCUT2D eigenvalue weighted by Crippen LogP contribution is -2.56. The van der Waals surface area contributed by atoms with Crippen LogP contribution in [0.1, 0.15) is 38.2 Å². The molecule has 2 aliphatic heterocycles. The Morgan fingerprint density at radius 3 is 2.94 bits per heavy atom. The summed E-state index contributed by atoms with van der Waals surface area (Å²) < 4.78 is 6.15. The first-order valence-electron chi connectivity index (χ1n) is 10.9. The van der Waals surface area contributed by atoms with Crippen LogP contribution in [0.2, 0.25) is 5.02 Å².